The predicted octanol–water partition coefficient (Wildman–Crippen LogP) is 2.17. The van der Waals surface area contributed by atoms with Gasteiger partial charge in [0.15, 0.2) is 0 Å². The van der Waals surface area contributed by atoms with E-state index in [0.29, 0.717) is 11.3 Å². The second-order valence-corrected chi connectivity index (χ2v) is 4.32. The first-order valence-electron chi connectivity index (χ1n) is 6.19. The maximum absolute atomic E-state index is 10.2. The molecule has 0 saturated heterocycles. The molecule has 7 nitrogen and oxygen atoms in total. The number of H-pyrrole nitrogens is 1. The van der Waals surface area contributed by atoms with Crippen LogP contribution in [0.1, 0.15) is 18.1 Å². The Balaban J connectivity index is 2.17. The topological polar surface area (TPSA) is 118 Å². The lowest BCUT2D eigenvalue weighted by Gasteiger charge is -2.17. The Morgan fingerprint density at radius 1 is 1.30 bits per heavy atom. The Bertz CT molecular complexity index is 592. The molecule has 3 N–H and O–H groups in total. The highest BCUT2D eigenvalue weighted by atomic mass is 16.3. The van der Waals surface area contributed by atoms with Crippen LogP contribution in [0.2, 0.25) is 0 Å². The van der Waals surface area contributed by atoms with Crippen molar-refractivity contribution in [1.29, 1.82) is 0 Å². The quantitative estimate of drug-likeness (QED) is 0.425. The number of benzene rings is 1. The molecule has 0 fully saturated rings. The third kappa shape index (κ3) is 3.16. The first-order valence-corrected chi connectivity index (χ1v) is 6.19. The summed E-state index contributed by atoms with van der Waals surface area (Å²) in [4.78, 5) is 2.61. The summed E-state index contributed by atoms with van der Waals surface area (Å²) in [5.41, 5.74) is 10.3. The normalized spacial score (nSPS) is 13.5. The molecule has 0 aliphatic carbocycles. The fourth-order valence-electron chi connectivity index (χ4n) is 1.96. The van der Waals surface area contributed by atoms with Crippen LogP contribution in [-0.2, 0) is 0 Å². The van der Waals surface area contributed by atoms with Crippen molar-refractivity contribution in [1.82, 2.24) is 10.2 Å². The minimum Gasteiger partial charge on any atom is -0.390 e. The molecule has 0 saturated carbocycles. The van der Waals surface area contributed by atoms with Crippen molar-refractivity contribution >= 4 is 0 Å². The number of azide groups is 1. The van der Waals surface area contributed by atoms with Crippen molar-refractivity contribution in [2.75, 3.05) is 6.54 Å². The molecule has 0 bridgehead atoms. The van der Waals surface area contributed by atoms with Gasteiger partial charge in [-0.05, 0) is 17.5 Å². The van der Waals surface area contributed by atoms with E-state index in [4.69, 9.17) is 5.53 Å². The van der Waals surface area contributed by atoms with E-state index in [1.54, 1.807) is 0 Å². The maximum atomic E-state index is 10.2. The lowest BCUT2D eigenvalue weighted by atomic mass is 9.99. The summed E-state index contributed by atoms with van der Waals surface area (Å²) >= 11 is 0. The summed E-state index contributed by atoms with van der Waals surface area (Å²) < 4.78 is 0. The van der Waals surface area contributed by atoms with Crippen LogP contribution in [0, 0.1) is 0 Å². The first-order chi connectivity index (χ1) is 9.74. The smallest absolute Gasteiger partial charge is 0.108 e. The van der Waals surface area contributed by atoms with Gasteiger partial charge >= 0.3 is 0 Å². The molecule has 0 radical (unpaired) electrons. The van der Waals surface area contributed by atoms with Gasteiger partial charge in [0.2, 0.25) is 0 Å². The second-order valence-electron chi connectivity index (χ2n) is 4.32. The van der Waals surface area contributed by atoms with Crippen LogP contribution < -0.4 is 0 Å². The van der Waals surface area contributed by atoms with E-state index in [9.17, 15) is 10.2 Å². The monoisotopic (exact) mass is 273 g/mol. The van der Waals surface area contributed by atoms with E-state index >= 15 is 0 Å². The molecule has 1 heterocycles. The number of hydrogen-bond donors (Lipinski definition) is 3. The van der Waals surface area contributed by atoms with Gasteiger partial charge in [0, 0.05) is 17.0 Å². The Labute approximate surface area is 115 Å². The summed E-state index contributed by atoms with van der Waals surface area (Å²) in [6.45, 7) is 0.132. The number of aliphatic hydroxyl groups excluding tert-OH is 2. The molecule has 2 unspecified atom stereocenters. The molecular formula is C13H15N5O2. The summed E-state index contributed by atoms with van der Waals surface area (Å²) in [5.74, 6) is 0. The zero-order valence-corrected chi connectivity index (χ0v) is 10.7. The number of nitrogens with one attached hydrogen (secondary N) is 1. The van der Waals surface area contributed by atoms with Gasteiger partial charge in [0.1, 0.15) is 6.10 Å². The van der Waals surface area contributed by atoms with Gasteiger partial charge in [-0.3, -0.25) is 5.10 Å². The molecule has 2 atom stereocenters. The van der Waals surface area contributed by atoms with Gasteiger partial charge < -0.3 is 10.2 Å². The number of aromatic nitrogens is 2. The van der Waals surface area contributed by atoms with E-state index in [-0.39, 0.29) is 13.0 Å². The van der Waals surface area contributed by atoms with Crippen LogP contribution in [0.25, 0.3) is 21.7 Å². The Hall–Kier alpha value is -2.34. The van der Waals surface area contributed by atoms with Crippen molar-refractivity contribution in [3.8, 4) is 11.3 Å². The van der Waals surface area contributed by atoms with Crippen LogP contribution in [-0.4, -0.2) is 33.1 Å². The lowest BCUT2D eigenvalue weighted by molar-refractivity contribution is 0.0154. The van der Waals surface area contributed by atoms with Crippen LogP contribution in [0.15, 0.2) is 41.6 Å². The molecule has 2 rings (SSSR count). The Morgan fingerprint density at radius 3 is 2.75 bits per heavy atom. The minimum atomic E-state index is -1.09. The molecule has 0 amide bonds. The van der Waals surface area contributed by atoms with Crippen molar-refractivity contribution in [2.24, 2.45) is 5.11 Å². The summed E-state index contributed by atoms with van der Waals surface area (Å²) in [5, 5.41) is 30.2. The minimum absolute atomic E-state index is 0.132. The number of aromatic amines is 1. The van der Waals surface area contributed by atoms with Crippen molar-refractivity contribution in [3.05, 3.63) is 52.5 Å². The van der Waals surface area contributed by atoms with Crippen LogP contribution in [0.3, 0.4) is 0 Å². The molecule has 0 aliphatic heterocycles. The largest absolute Gasteiger partial charge is 0.390 e. The predicted molar refractivity (Wildman–Crippen MR) is 73.6 cm³/mol. The van der Waals surface area contributed by atoms with Crippen molar-refractivity contribution in [2.45, 2.75) is 18.6 Å². The van der Waals surface area contributed by atoms with Gasteiger partial charge in [0.25, 0.3) is 0 Å². The number of nitrogens with zero attached hydrogens (tertiary/aromatic N) is 4. The van der Waals surface area contributed by atoms with Crippen LogP contribution >= 0.6 is 0 Å². The molecule has 0 aliphatic rings. The van der Waals surface area contributed by atoms with Gasteiger partial charge in [-0.25, -0.2) is 0 Å². The molecule has 2 aromatic rings. The number of rotatable bonds is 6. The highest BCUT2D eigenvalue weighted by Gasteiger charge is 2.22. The summed E-state index contributed by atoms with van der Waals surface area (Å²) in [6, 6.07) is 9.42. The van der Waals surface area contributed by atoms with Gasteiger partial charge in [-0.2, -0.15) is 5.10 Å². The van der Waals surface area contributed by atoms with Crippen molar-refractivity contribution in [3.63, 3.8) is 0 Å². The zero-order chi connectivity index (χ0) is 14.4. The third-order valence-electron chi connectivity index (χ3n) is 3.00. The SMILES string of the molecule is [N-]=[N+]=NCCC(O)C(O)c1cn[nH]c1-c1ccccc1. The lowest BCUT2D eigenvalue weighted by Crippen LogP contribution is -2.19. The average molecular weight is 273 g/mol. The molecule has 104 valence electrons. The van der Waals surface area contributed by atoms with Gasteiger partial charge in [-0.15, -0.1) is 0 Å². The molecular weight excluding hydrogens is 258 g/mol. The fraction of sp³-hybridized carbons (Fsp3) is 0.308. The van der Waals surface area contributed by atoms with E-state index < -0.39 is 12.2 Å². The standard InChI is InChI=1S/C13H15N5O2/c14-18-15-7-6-11(19)13(20)10-8-16-17-12(10)9-4-2-1-3-5-9/h1-5,8,11,13,19-20H,6-7H2,(H,16,17). The Kier molecular flexibility index (Phi) is 4.73. The maximum Gasteiger partial charge on any atom is 0.108 e. The first kappa shape index (κ1) is 14.1. The van der Waals surface area contributed by atoms with Crippen LogP contribution in [0.4, 0.5) is 0 Å². The van der Waals surface area contributed by atoms with E-state index in [1.165, 1.54) is 6.20 Å². The highest BCUT2D eigenvalue weighted by molar-refractivity contribution is 5.62. The second kappa shape index (κ2) is 6.72. The number of aliphatic hydroxyl groups is 2. The fourth-order valence-corrected chi connectivity index (χ4v) is 1.96. The summed E-state index contributed by atoms with van der Waals surface area (Å²) in [7, 11) is 0. The molecule has 1 aromatic heterocycles. The van der Waals surface area contributed by atoms with Crippen LogP contribution in [0.5, 0.6) is 0 Å². The third-order valence-corrected chi connectivity index (χ3v) is 3.00. The molecule has 7 heteroatoms. The Morgan fingerprint density at radius 2 is 2.05 bits per heavy atom. The van der Waals surface area contributed by atoms with Crippen molar-refractivity contribution < 1.29 is 10.2 Å². The van der Waals surface area contributed by atoms with Gasteiger partial charge in [-0.1, -0.05) is 35.4 Å². The highest BCUT2D eigenvalue weighted by Crippen LogP contribution is 2.28. The average Bonchev–Trinajstić information content (AvgIpc) is 2.97. The molecule has 1 aromatic carbocycles. The number of hydrogen-bond acceptors (Lipinski definition) is 4. The zero-order valence-electron chi connectivity index (χ0n) is 10.7. The molecule has 20 heavy (non-hydrogen) atoms. The summed E-state index contributed by atoms with van der Waals surface area (Å²) in [6.07, 6.45) is -0.424. The molecule has 0 spiro atoms. The van der Waals surface area contributed by atoms with E-state index in [2.05, 4.69) is 20.2 Å². The van der Waals surface area contributed by atoms with E-state index in [0.717, 1.165) is 5.56 Å². The van der Waals surface area contributed by atoms with Gasteiger partial charge in [0.05, 0.1) is 18.0 Å². The van der Waals surface area contributed by atoms with E-state index in [1.807, 2.05) is 30.3 Å².